The van der Waals surface area contributed by atoms with E-state index >= 15 is 0 Å². The number of carbonyl (C=O) groups excluding carboxylic acids is 11. The molecule has 0 heterocycles. The fourth-order valence-corrected chi connectivity index (χ4v) is 10.8. The molecule has 12 amide bonds. The molecule has 0 spiro atoms. The third-order valence-corrected chi connectivity index (χ3v) is 16.5. The smallest absolute Gasteiger partial charge is 0.335 e. The van der Waals surface area contributed by atoms with E-state index in [1.54, 1.807) is 66.7 Å². The van der Waals surface area contributed by atoms with Gasteiger partial charge in [0.15, 0.2) is 0 Å². The number of nitrogens with one attached hydrogen (secondary N) is 12. The molecule has 35 nitrogen and oxygen atoms in total. The van der Waals surface area contributed by atoms with E-state index in [1.165, 1.54) is 39.0 Å². The van der Waals surface area contributed by atoms with Crippen molar-refractivity contribution in [3.8, 4) is 0 Å². The standard InChI is InChI=1S/C68H90N12O23/c1-37(73-63(95)52(33-41-15-8-5-9-16-41)78-64(96)51(74-39(3)81)32-40-13-6-4-7-14-40)57(89)72-38(2)58(90)75-47(25-28-55(85)86)62(94)76-46(24-27-54(83)84)60(92)71-36-53(82)70-35-42-20-22-44(23-21-42)59(91)77-50(34-43-17-12-18-45(31-43)65(97)98)61(93)69-30-11-10-19-48(66(99)100)79-68(103)80-49(67(101)102)26-29-56(87)88/h4-9,12-18,31,37-38,42,44,46-52H,10-11,19-30,32-36H2,1-3H3,(H,69,93)(H,70,82)(H,71,92)(H,72,89)(H,73,95)(H,74,81)(H,75,90)(H,76,94)(H,77,91)(H,78,96)(H,83,84)(H,85,86)(H,87,88)(H,97,98)(H,99,100)(H,101,102)(H2,79,80,103)/t37-,38-,42?,44?,46-,47-,48-,49-,50-,51-,52-/m0/s1. The monoisotopic (exact) mass is 1440 g/mol. The second-order valence-electron chi connectivity index (χ2n) is 24.8. The van der Waals surface area contributed by atoms with Crippen molar-refractivity contribution in [1.29, 1.82) is 0 Å². The van der Waals surface area contributed by atoms with Crippen LogP contribution < -0.4 is 63.8 Å². The van der Waals surface area contributed by atoms with Crippen molar-refractivity contribution in [1.82, 2.24) is 63.8 Å². The van der Waals surface area contributed by atoms with Gasteiger partial charge in [0, 0.05) is 64.5 Å². The molecule has 0 saturated heterocycles. The second-order valence-corrected chi connectivity index (χ2v) is 24.8. The molecule has 18 N–H and O–H groups in total. The Balaban J connectivity index is 1.30. The average Bonchev–Trinajstić information content (AvgIpc) is 0.863. The summed E-state index contributed by atoms with van der Waals surface area (Å²) >= 11 is 0. The van der Waals surface area contributed by atoms with E-state index in [0.717, 1.165) is 5.56 Å². The first kappa shape index (κ1) is 83.9. The van der Waals surface area contributed by atoms with E-state index in [2.05, 4.69) is 58.5 Å². The minimum Gasteiger partial charge on any atom is -0.481 e. The molecule has 3 aromatic carbocycles. The molecule has 1 aliphatic carbocycles. The molecule has 0 radical (unpaired) electrons. The van der Waals surface area contributed by atoms with Crippen molar-refractivity contribution >= 4 is 101 Å². The molecule has 560 valence electrons. The molecular formula is C68H90N12O23. The summed E-state index contributed by atoms with van der Waals surface area (Å²) in [6, 6.07) is 9.05. The van der Waals surface area contributed by atoms with Crippen LogP contribution in [0.5, 0.6) is 0 Å². The van der Waals surface area contributed by atoms with Crippen LogP contribution in [-0.4, -0.2) is 206 Å². The lowest BCUT2D eigenvalue weighted by Crippen LogP contribution is -2.59. The van der Waals surface area contributed by atoms with E-state index in [1.807, 2.05) is 5.32 Å². The van der Waals surface area contributed by atoms with Gasteiger partial charge in [-0.2, -0.15) is 0 Å². The highest BCUT2D eigenvalue weighted by Gasteiger charge is 2.35. The number of aliphatic carboxylic acids is 5. The number of carboxylic acid groups (broad SMARTS) is 6. The topological polar surface area (TPSA) is 556 Å². The molecule has 103 heavy (non-hydrogen) atoms. The van der Waals surface area contributed by atoms with Gasteiger partial charge in [0.1, 0.15) is 54.4 Å². The number of carbonyl (C=O) groups is 17. The van der Waals surface area contributed by atoms with Crippen LogP contribution >= 0.6 is 0 Å². The van der Waals surface area contributed by atoms with Gasteiger partial charge in [-0.05, 0) is 113 Å². The maximum absolute atomic E-state index is 13.9. The number of unbranched alkanes of at least 4 members (excludes halogenated alkanes) is 1. The minimum absolute atomic E-state index is 0.0410. The van der Waals surface area contributed by atoms with E-state index in [4.69, 9.17) is 5.11 Å². The first-order valence-corrected chi connectivity index (χ1v) is 33.3. The molecule has 35 heteroatoms. The van der Waals surface area contributed by atoms with E-state index < -0.39 is 206 Å². The summed E-state index contributed by atoms with van der Waals surface area (Å²) in [5.41, 5.74) is 1.66. The molecule has 0 unspecified atom stereocenters. The van der Waals surface area contributed by atoms with Crippen molar-refractivity contribution in [2.45, 2.75) is 178 Å². The van der Waals surface area contributed by atoms with Gasteiger partial charge < -0.3 is 94.4 Å². The van der Waals surface area contributed by atoms with Crippen LogP contribution in [0.15, 0.2) is 84.9 Å². The van der Waals surface area contributed by atoms with Crippen LogP contribution in [0.25, 0.3) is 0 Å². The maximum Gasteiger partial charge on any atom is 0.335 e. The molecule has 1 fully saturated rings. The molecule has 1 saturated carbocycles. The molecule has 3 aromatic rings. The summed E-state index contributed by atoms with van der Waals surface area (Å²) in [7, 11) is 0. The Morgan fingerprint density at radius 1 is 0.408 bits per heavy atom. The summed E-state index contributed by atoms with van der Waals surface area (Å²) in [6.07, 6.45) is -2.11. The third-order valence-electron chi connectivity index (χ3n) is 16.5. The highest BCUT2D eigenvalue weighted by molar-refractivity contribution is 5.98. The van der Waals surface area contributed by atoms with Crippen LogP contribution in [0.1, 0.15) is 131 Å². The lowest BCUT2D eigenvalue weighted by atomic mass is 9.81. The Kier molecular flexibility index (Phi) is 35.2. The Hall–Kier alpha value is -11.5. The first-order valence-electron chi connectivity index (χ1n) is 33.3. The maximum atomic E-state index is 13.9. The number of rotatable bonds is 44. The summed E-state index contributed by atoms with van der Waals surface area (Å²) in [4.78, 5) is 217. The highest BCUT2D eigenvalue weighted by atomic mass is 16.4. The normalized spacial score (nSPS) is 15.7. The molecule has 0 bridgehead atoms. The number of aromatic carboxylic acids is 1. The van der Waals surface area contributed by atoms with Gasteiger partial charge in [-0.25, -0.2) is 19.2 Å². The van der Waals surface area contributed by atoms with Gasteiger partial charge in [-0.1, -0.05) is 72.8 Å². The summed E-state index contributed by atoms with van der Waals surface area (Å²) in [6.45, 7) is 3.10. The number of benzene rings is 3. The Morgan fingerprint density at radius 2 is 0.835 bits per heavy atom. The van der Waals surface area contributed by atoms with Gasteiger partial charge in [0.05, 0.1) is 12.1 Å². The van der Waals surface area contributed by atoms with Gasteiger partial charge in [-0.3, -0.25) is 62.3 Å². The van der Waals surface area contributed by atoms with Crippen LogP contribution in [0.2, 0.25) is 0 Å². The van der Waals surface area contributed by atoms with Gasteiger partial charge in [0.25, 0.3) is 0 Å². The average molecular weight is 1440 g/mol. The summed E-state index contributed by atoms with van der Waals surface area (Å²) in [5, 5.41) is 85.9. The van der Waals surface area contributed by atoms with Crippen molar-refractivity contribution in [3.05, 3.63) is 107 Å². The van der Waals surface area contributed by atoms with Gasteiger partial charge in [-0.15, -0.1) is 0 Å². The molecular weight excluding hydrogens is 1350 g/mol. The lowest BCUT2D eigenvalue weighted by Gasteiger charge is -2.29. The van der Waals surface area contributed by atoms with E-state index in [9.17, 15) is 107 Å². The molecule has 4 rings (SSSR count). The zero-order valence-corrected chi connectivity index (χ0v) is 57.0. The van der Waals surface area contributed by atoms with Crippen molar-refractivity contribution in [2.75, 3.05) is 19.6 Å². The zero-order chi connectivity index (χ0) is 76.3. The van der Waals surface area contributed by atoms with Crippen molar-refractivity contribution in [2.24, 2.45) is 11.8 Å². The fraction of sp³-hybridized carbons (Fsp3) is 0.485. The van der Waals surface area contributed by atoms with E-state index in [-0.39, 0.29) is 63.1 Å². The molecule has 9 atom stereocenters. The predicted molar refractivity (Wildman–Crippen MR) is 361 cm³/mol. The minimum atomic E-state index is -1.70. The number of carboxylic acids is 6. The number of hydrogen-bond donors (Lipinski definition) is 18. The third kappa shape index (κ3) is 31.7. The summed E-state index contributed by atoms with van der Waals surface area (Å²) in [5.74, 6) is -17.1. The number of amides is 12. The highest BCUT2D eigenvalue weighted by Crippen LogP contribution is 2.29. The zero-order valence-electron chi connectivity index (χ0n) is 57.0. The van der Waals surface area contributed by atoms with Crippen molar-refractivity contribution < 1.29 is 112 Å². The SMILES string of the molecule is CC(=O)N[C@@H](Cc1ccccc1)C(=O)N[C@@H](Cc1ccccc1)C(=O)N[C@@H](C)C(=O)N[C@@H](C)C(=O)N[C@@H](CCC(=O)O)C(=O)N[C@@H](CCC(=O)O)C(=O)NCC(=O)NCC1CCC(C(=O)N[C@@H](Cc2cccc(C(=O)O)c2)C(=O)NCCCC[C@H](NC(=O)N[C@@H](CCC(=O)O)C(=O)O)C(=O)O)CC1. The Bertz CT molecular complexity index is 3500. The fourth-order valence-electron chi connectivity index (χ4n) is 10.8. The van der Waals surface area contributed by atoms with Gasteiger partial charge in [0.2, 0.25) is 59.1 Å². The lowest BCUT2D eigenvalue weighted by molar-refractivity contribution is -0.141. The number of urea groups is 1. The second kappa shape index (κ2) is 43.2. The Morgan fingerprint density at radius 3 is 1.36 bits per heavy atom. The van der Waals surface area contributed by atoms with Gasteiger partial charge >= 0.3 is 41.8 Å². The van der Waals surface area contributed by atoms with Crippen molar-refractivity contribution in [3.63, 3.8) is 0 Å². The molecule has 0 aromatic heterocycles. The number of hydrogen-bond acceptors (Lipinski definition) is 17. The first-order chi connectivity index (χ1) is 48.8. The van der Waals surface area contributed by atoms with Crippen LogP contribution in [0, 0.1) is 11.8 Å². The van der Waals surface area contributed by atoms with E-state index in [0.29, 0.717) is 36.8 Å². The van der Waals surface area contributed by atoms with Crippen LogP contribution in [0.4, 0.5) is 4.79 Å². The summed E-state index contributed by atoms with van der Waals surface area (Å²) < 4.78 is 0. The predicted octanol–water partition coefficient (Wildman–Crippen LogP) is -1.01. The largest absolute Gasteiger partial charge is 0.481 e. The molecule has 0 aliphatic heterocycles. The Labute approximate surface area is 591 Å². The van der Waals surface area contributed by atoms with Crippen LogP contribution in [0.3, 0.4) is 0 Å². The molecule has 1 aliphatic rings. The quantitative estimate of drug-likeness (QED) is 0.0302. The van der Waals surface area contributed by atoms with Crippen LogP contribution in [-0.2, 0) is 91.2 Å².